The van der Waals surface area contributed by atoms with Crippen LogP contribution in [0.5, 0.6) is 0 Å². The maximum atomic E-state index is 6.32. The van der Waals surface area contributed by atoms with E-state index in [1.807, 2.05) is 12.1 Å². The second kappa shape index (κ2) is 5.96. The third-order valence-corrected chi connectivity index (χ3v) is 4.24. The zero-order valence-corrected chi connectivity index (χ0v) is 12.1. The molecule has 3 rings (SSSR count). The van der Waals surface area contributed by atoms with Gasteiger partial charge in [0.25, 0.3) is 0 Å². The van der Waals surface area contributed by atoms with E-state index in [1.54, 1.807) is 0 Å². The lowest BCUT2D eigenvalue weighted by Crippen LogP contribution is -2.28. The second-order valence-electron chi connectivity index (χ2n) is 5.50. The third-order valence-electron chi connectivity index (χ3n) is 3.99. The van der Waals surface area contributed by atoms with Gasteiger partial charge in [-0.25, -0.2) is 0 Å². The van der Waals surface area contributed by atoms with Crippen molar-refractivity contribution in [2.24, 2.45) is 5.73 Å². The largest absolute Gasteiger partial charge is 0.326 e. The summed E-state index contributed by atoms with van der Waals surface area (Å²) in [5.41, 5.74) is 8.95. The molecule has 1 aliphatic rings. The van der Waals surface area contributed by atoms with E-state index in [1.165, 1.54) is 11.1 Å². The summed E-state index contributed by atoms with van der Waals surface area (Å²) in [6.45, 7) is 2.93. The molecule has 1 heterocycles. The molecule has 1 saturated heterocycles. The van der Waals surface area contributed by atoms with E-state index in [-0.39, 0.29) is 6.04 Å². The number of hydrogen-bond acceptors (Lipinski definition) is 2. The molecule has 2 aromatic carbocycles. The van der Waals surface area contributed by atoms with Crippen LogP contribution in [-0.2, 0) is 6.54 Å². The molecule has 0 aromatic heterocycles. The van der Waals surface area contributed by atoms with Crippen molar-refractivity contribution in [2.75, 3.05) is 13.1 Å². The molecule has 0 radical (unpaired) electrons. The van der Waals surface area contributed by atoms with Gasteiger partial charge < -0.3 is 5.73 Å². The van der Waals surface area contributed by atoms with Crippen molar-refractivity contribution in [1.29, 1.82) is 0 Å². The Kier molecular flexibility index (Phi) is 4.06. The van der Waals surface area contributed by atoms with Gasteiger partial charge in [-0.05, 0) is 23.3 Å². The number of nitrogens with zero attached hydrogens (tertiary/aromatic N) is 1. The Morgan fingerprint density at radius 2 is 1.70 bits per heavy atom. The van der Waals surface area contributed by atoms with E-state index in [2.05, 4.69) is 47.4 Å². The Bertz CT molecular complexity index is 553. The minimum Gasteiger partial charge on any atom is -0.326 e. The molecule has 104 valence electrons. The van der Waals surface area contributed by atoms with Crippen molar-refractivity contribution in [2.45, 2.75) is 18.5 Å². The van der Waals surface area contributed by atoms with Crippen LogP contribution in [0.2, 0.25) is 5.02 Å². The summed E-state index contributed by atoms with van der Waals surface area (Å²) in [6.07, 6.45) is 0. The van der Waals surface area contributed by atoms with E-state index >= 15 is 0 Å². The summed E-state index contributed by atoms with van der Waals surface area (Å²) in [4.78, 5) is 2.43. The standard InChI is InChI=1S/C17H19ClN2/c18-15-8-6-14(7-9-15)16-11-20(12-17(16)19)10-13-4-2-1-3-5-13/h1-9,16-17H,10-12,19H2/t16-,17-/m0/s1. The highest BCUT2D eigenvalue weighted by atomic mass is 35.5. The molecule has 2 nitrogen and oxygen atoms in total. The fraction of sp³-hybridized carbons (Fsp3) is 0.294. The zero-order valence-electron chi connectivity index (χ0n) is 11.4. The van der Waals surface area contributed by atoms with Gasteiger partial charge in [-0.3, -0.25) is 4.90 Å². The number of hydrogen-bond donors (Lipinski definition) is 1. The predicted molar refractivity (Wildman–Crippen MR) is 83.9 cm³/mol. The summed E-state index contributed by atoms with van der Waals surface area (Å²) in [5.74, 6) is 0.399. The van der Waals surface area contributed by atoms with E-state index in [9.17, 15) is 0 Å². The molecule has 0 spiro atoms. The number of halogens is 1. The lowest BCUT2D eigenvalue weighted by atomic mass is 9.95. The first-order valence-electron chi connectivity index (χ1n) is 7.00. The van der Waals surface area contributed by atoms with Crippen LogP contribution in [-0.4, -0.2) is 24.0 Å². The molecule has 1 fully saturated rings. The van der Waals surface area contributed by atoms with Gasteiger partial charge in [0.2, 0.25) is 0 Å². The van der Waals surface area contributed by atoms with Crippen molar-refractivity contribution in [1.82, 2.24) is 4.90 Å². The maximum absolute atomic E-state index is 6.32. The van der Waals surface area contributed by atoms with E-state index in [0.717, 1.165) is 24.7 Å². The summed E-state index contributed by atoms with van der Waals surface area (Å²) < 4.78 is 0. The molecular formula is C17H19ClN2. The minimum atomic E-state index is 0.194. The van der Waals surface area contributed by atoms with Crippen LogP contribution in [0.4, 0.5) is 0 Å². The molecule has 2 N–H and O–H groups in total. The van der Waals surface area contributed by atoms with Crippen molar-refractivity contribution in [3.05, 3.63) is 70.7 Å². The van der Waals surface area contributed by atoms with Crippen molar-refractivity contribution in [3.8, 4) is 0 Å². The van der Waals surface area contributed by atoms with Gasteiger partial charge in [-0.2, -0.15) is 0 Å². The summed E-state index contributed by atoms with van der Waals surface area (Å²) in [5, 5.41) is 0.779. The fourth-order valence-electron chi connectivity index (χ4n) is 2.95. The van der Waals surface area contributed by atoms with Gasteiger partial charge in [0.1, 0.15) is 0 Å². The van der Waals surface area contributed by atoms with Crippen molar-refractivity contribution >= 4 is 11.6 Å². The SMILES string of the molecule is N[C@H]1CN(Cc2ccccc2)C[C@H]1c1ccc(Cl)cc1. The van der Waals surface area contributed by atoms with Crippen LogP contribution in [0.1, 0.15) is 17.0 Å². The fourth-order valence-corrected chi connectivity index (χ4v) is 3.07. The first kappa shape index (κ1) is 13.6. The first-order chi connectivity index (χ1) is 9.72. The first-order valence-corrected chi connectivity index (χ1v) is 7.37. The molecule has 3 heteroatoms. The van der Waals surface area contributed by atoms with Gasteiger partial charge in [-0.15, -0.1) is 0 Å². The van der Waals surface area contributed by atoms with Gasteiger partial charge in [-0.1, -0.05) is 54.1 Å². The molecular weight excluding hydrogens is 268 g/mol. The number of nitrogens with two attached hydrogens (primary N) is 1. The molecule has 2 atom stereocenters. The van der Waals surface area contributed by atoms with Gasteiger partial charge in [0, 0.05) is 36.6 Å². The summed E-state index contributed by atoms with van der Waals surface area (Å²) in [6, 6.07) is 18.8. The van der Waals surface area contributed by atoms with Crippen LogP contribution >= 0.6 is 11.6 Å². The van der Waals surface area contributed by atoms with E-state index in [0.29, 0.717) is 5.92 Å². The molecule has 2 aromatic rings. The van der Waals surface area contributed by atoms with E-state index < -0.39 is 0 Å². The lowest BCUT2D eigenvalue weighted by molar-refractivity contribution is 0.324. The lowest BCUT2D eigenvalue weighted by Gasteiger charge is -2.16. The Labute approximate surface area is 125 Å². The normalized spacial score (nSPS) is 23.1. The smallest absolute Gasteiger partial charge is 0.0406 e. The highest BCUT2D eigenvalue weighted by Crippen LogP contribution is 2.28. The Balaban J connectivity index is 1.69. The molecule has 0 unspecified atom stereocenters. The average molecular weight is 287 g/mol. The van der Waals surface area contributed by atoms with Crippen LogP contribution in [0.3, 0.4) is 0 Å². The maximum Gasteiger partial charge on any atom is 0.0406 e. The van der Waals surface area contributed by atoms with Crippen LogP contribution in [0.15, 0.2) is 54.6 Å². The highest BCUT2D eigenvalue weighted by Gasteiger charge is 2.30. The van der Waals surface area contributed by atoms with Gasteiger partial charge in [0.15, 0.2) is 0 Å². The van der Waals surface area contributed by atoms with Gasteiger partial charge in [0.05, 0.1) is 0 Å². The molecule has 0 bridgehead atoms. The topological polar surface area (TPSA) is 29.3 Å². The van der Waals surface area contributed by atoms with Crippen LogP contribution < -0.4 is 5.73 Å². The molecule has 1 aliphatic heterocycles. The second-order valence-corrected chi connectivity index (χ2v) is 5.94. The summed E-state index contributed by atoms with van der Waals surface area (Å²) >= 11 is 5.95. The van der Waals surface area contributed by atoms with E-state index in [4.69, 9.17) is 17.3 Å². The highest BCUT2D eigenvalue weighted by molar-refractivity contribution is 6.30. The van der Waals surface area contributed by atoms with Crippen molar-refractivity contribution < 1.29 is 0 Å². The quantitative estimate of drug-likeness (QED) is 0.938. The minimum absolute atomic E-state index is 0.194. The Hall–Kier alpha value is -1.35. The summed E-state index contributed by atoms with van der Waals surface area (Å²) in [7, 11) is 0. The predicted octanol–water partition coefficient (Wildman–Crippen LogP) is 3.27. The number of benzene rings is 2. The Morgan fingerprint density at radius 3 is 2.40 bits per heavy atom. The Morgan fingerprint density at radius 1 is 1.00 bits per heavy atom. The molecule has 0 saturated carbocycles. The number of rotatable bonds is 3. The van der Waals surface area contributed by atoms with Crippen LogP contribution in [0, 0.1) is 0 Å². The van der Waals surface area contributed by atoms with Crippen molar-refractivity contribution in [3.63, 3.8) is 0 Å². The van der Waals surface area contributed by atoms with Crippen LogP contribution in [0.25, 0.3) is 0 Å². The average Bonchev–Trinajstić information content (AvgIpc) is 2.81. The third kappa shape index (κ3) is 3.04. The number of likely N-dealkylation sites (tertiary alicyclic amines) is 1. The molecule has 20 heavy (non-hydrogen) atoms. The monoisotopic (exact) mass is 286 g/mol. The molecule has 0 aliphatic carbocycles. The molecule has 0 amide bonds. The zero-order chi connectivity index (χ0) is 13.9. The van der Waals surface area contributed by atoms with Gasteiger partial charge >= 0.3 is 0 Å².